The van der Waals surface area contributed by atoms with Crippen LogP contribution in [-0.2, 0) is 18.8 Å². The summed E-state index contributed by atoms with van der Waals surface area (Å²) >= 11 is 10.7. The molecule has 1 heterocycles. The molecule has 2 rings (SSSR count). The number of carbonyl (C=O) groups excluding carboxylic acids is 1. The van der Waals surface area contributed by atoms with Gasteiger partial charge >= 0.3 is 17.3 Å². The maximum Gasteiger partial charge on any atom is 0.339 e. The van der Waals surface area contributed by atoms with Gasteiger partial charge in [0.25, 0.3) is 0 Å². The largest absolute Gasteiger partial charge is 0.465 e. The van der Waals surface area contributed by atoms with Crippen LogP contribution in [0.5, 0.6) is 0 Å². The topological polar surface area (TPSA) is 75.2 Å². The Morgan fingerprint density at radius 2 is 1.74 bits per heavy atom. The van der Waals surface area contributed by atoms with Gasteiger partial charge in [-0.05, 0) is 24.4 Å². The summed E-state index contributed by atoms with van der Waals surface area (Å²) < 4.78 is 21.3. The molecular weight excluding hydrogens is 349 g/mol. The van der Waals surface area contributed by atoms with E-state index in [1.807, 2.05) is 0 Å². The lowest BCUT2D eigenvalue weighted by molar-refractivity contribution is 0.0601. The van der Waals surface area contributed by atoms with Gasteiger partial charge in [0, 0.05) is 14.1 Å². The number of hydrogen-bond acceptors (Lipinski definition) is 5. The first kappa shape index (κ1) is 17.1. The second kappa shape index (κ2) is 6.09. The number of rotatable bonds is 2. The van der Waals surface area contributed by atoms with Crippen molar-refractivity contribution in [2.24, 2.45) is 14.1 Å². The molecular formula is C13H11ClFN3O4S. The van der Waals surface area contributed by atoms with Crippen LogP contribution in [0.3, 0.4) is 0 Å². The van der Waals surface area contributed by atoms with Gasteiger partial charge < -0.3 is 4.74 Å². The quantitative estimate of drug-likeness (QED) is 0.594. The van der Waals surface area contributed by atoms with E-state index in [0.29, 0.717) is 4.57 Å². The van der Waals surface area contributed by atoms with Crippen molar-refractivity contribution in [3.8, 4) is 5.69 Å². The molecule has 0 aliphatic carbocycles. The van der Waals surface area contributed by atoms with Crippen molar-refractivity contribution in [1.82, 2.24) is 13.7 Å². The van der Waals surface area contributed by atoms with Crippen LogP contribution in [0.15, 0.2) is 21.7 Å². The molecule has 0 aliphatic rings. The minimum Gasteiger partial charge on any atom is -0.465 e. The van der Waals surface area contributed by atoms with Crippen LogP contribution < -0.4 is 11.4 Å². The number of hydrogen-bond donors (Lipinski definition) is 0. The molecule has 0 atom stereocenters. The van der Waals surface area contributed by atoms with Gasteiger partial charge in [0.2, 0.25) is 0 Å². The van der Waals surface area contributed by atoms with Crippen LogP contribution in [0.4, 0.5) is 4.39 Å². The van der Waals surface area contributed by atoms with Crippen molar-refractivity contribution < 1.29 is 13.9 Å². The summed E-state index contributed by atoms with van der Waals surface area (Å²) in [4.78, 5) is 36.2. The van der Waals surface area contributed by atoms with Crippen LogP contribution in [0, 0.1) is 10.6 Å². The van der Waals surface area contributed by atoms with E-state index in [0.717, 1.165) is 28.4 Å². The highest BCUT2D eigenvalue weighted by Crippen LogP contribution is 2.23. The summed E-state index contributed by atoms with van der Waals surface area (Å²) in [5.74, 6) is -1.77. The standard InChI is InChI=1S/C13H11ClFN3O4S/c1-16-11(20)18(12(21)17(2)13(16)23)9-4-6(10(19)22-3)7(14)5-8(9)15/h4-5H,1-3H3. The first-order chi connectivity index (χ1) is 10.7. The molecule has 2 aromatic rings. The molecule has 10 heteroatoms. The number of ether oxygens (including phenoxy) is 1. The Bertz CT molecular complexity index is 952. The normalized spacial score (nSPS) is 10.7. The highest BCUT2D eigenvalue weighted by atomic mass is 35.5. The molecule has 0 aliphatic heterocycles. The highest BCUT2D eigenvalue weighted by Gasteiger charge is 2.20. The molecule has 122 valence electrons. The second-order valence-corrected chi connectivity index (χ2v) is 5.35. The summed E-state index contributed by atoms with van der Waals surface area (Å²) in [6, 6.07) is 1.81. The van der Waals surface area contributed by atoms with Gasteiger partial charge in [-0.1, -0.05) is 11.6 Å². The van der Waals surface area contributed by atoms with Gasteiger partial charge in [-0.25, -0.2) is 23.3 Å². The van der Waals surface area contributed by atoms with Crippen LogP contribution >= 0.6 is 23.8 Å². The number of benzene rings is 1. The number of halogens is 2. The second-order valence-electron chi connectivity index (χ2n) is 4.58. The SMILES string of the molecule is COC(=O)c1cc(-n2c(=O)n(C)c(=S)n(C)c2=O)c(F)cc1Cl. The molecule has 0 N–H and O–H groups in total. The molecule has 7 nitrogen and oxygen atoms in total. The number of nitrogens with zero attached hydrogens (tertiary/aromatic N) is 3. The van der Waals surface area contributed by atoms with E-state index >= 15 is 0 Å². The smallest absolute Gasteiger partial charge is 0.339 e. The Kier molecular flexibility index (Phi) is 4.53. The molecule has 0 saturated heterocycles. The van der Waals surface area contributed by atoms with Gasteiger partial charge in [-0.3, -0.25) is 9.13 Å². The van der Waals surface area contributed by atoms with Crippen LogP contribution in [0.1, 0.15) is 10.4 Å². The van der Waals surface area contributed by atoms with Gasteiger partial charge in [-0.2, -0.15) is 0 Å². The molecule has 0 spiro atoms. The summed E-state index contributed by atoms with van der Waals surface area (Å²) in [6.45, 7) is 0. The Morgan fingerprint density at radius 1 is 1.22 bits per heavy atom. The van der Waals surface area contributed by atoms with Crippen molar-refractivity contribution in [2.45, 2.75) is 0 Å². The van der Waals surface area contributed by atoms with E-state index in [9.17, 15) is 18.8 Å². The fraction of sp³-hybridized carbons (Fsp3) is 0.231. The van der Waals surface area contributed by atoms with Crippen molar-refractivity contribution in [3.05, 3.63) is 54.3 Å². The van der Waals surface area contributed by atoms with Gasteiger partial charge in [0.1, 0.15) is 5.82 Å². The van der Waals surface area contributed by atoms with Crippen molar-refractivity contribution in [2.75, 3.05) is 7.11 Å². The average Bonchev–Trinajstić information content (AvgIpc) is 2.52. The number of aromatic nitrogens is 3. The Balaban J connectivity index is 2.94. The number of esters is 1. The monoisotopic (exact) mass is 359 g/mol. The summed E-state index contributed by atoms with van der Waals surface area (Å²) in [5, 5.41) is -0.202. The minimum absolute atomic E-state index is 0.0289. The van der Waals surface area contributed by atoms with E-state index in [1.54, 1.807) is 0 Å². The Morgan fingerprint density at radius 3 is 2.22 bits per heavy atom. The zero-order valence-corrected chi connectivity index (χ0v) is 13.9. The van der Waals surface area contributed by atoms with Crippen LogP contribution in [-0.4, -0.2) is 26.8 Å². The number of methoxy groups -OCH3 is 1. The molecule has 0 bridgehead atoms. The lowest BCUT2D eigenvalue weighted by Crippen LogP contribution is -2.43. The molecule has 0 amide bonds. The van der Waals surface area contributed by atoms with E-state index in [-0.39, 0.29) is 15.4 Å². The highest BCUT2D eigenvalue weighted by molar-refractivity contribution is 7.71. The van der Waals surface area contributed by atoms with Gasteiger partial charge in [0.05, 0.1) is 23.4 Å². The van der Waals surface area contributed by atoms with Gasteiger partial charge in [-0.15, -0.1) is 0 Å². The van der Waals surface area contributed by atoms with Crippen molar-refractivity contribution in [3.63, 3.8) is 0 Å². The molecule has 1 aromatic carbocycles. The van der Waals surface area contributed by atoms with Gasteiger partial charge in [0.15, 0.2) is 4.77 Å². The lowest BCUT2D eigenvalue weighted by atomic mass is 10.2. The predicted octanol–water partition coefficient (Wildman–Crippen LogP) is 1.18. The zero-order valence-electron chi connectivity index (χ0n) is 12.3. The fourth-order valence-corrected chi connectivity index (χ4v) is 2.34. The zero-order chi connectivity index (χ0) is 17.5. The third kappa shape index (κ3) is 2.73. The van der Waals surface area contributed by atoms with Crippen molar-refractivity contribution >= 4 is 29.8 Å². The summed E-state index contributed by atoms with van der Waals surface area (Å²) in [7, 11) is 3.81. The lowest BCUT2D eigenvalue weighted by Gasteiger charge is -2.12. The number of carbonyl (C=O) groups is 1. The maximum atomic E-state index is 14.2. The van der Waals surface area contributed by atoms with E-state index in [4.69, 9.17) is 23.8 Å². The molecule has 1 aromatic heterocycles. The Labute approximate surface area is 139 Å². The van der Waals surface area contributed by atoms with Crippen LogP contribution in [0.25, 0.3) is 5.69 Å². The molecule has 0 unspecified atom stereocenters. The van der Waals surface area contributed by atoms with E-state index < -0.39 is 28.9 Å². The predicted molar refractivity (Wildman–Crippen MR) is 83.4 cm³/mol. The fourth-order valence-electron chi connectivity index (χ4n) is 1.95. The molecule has 0 radical (unpaired) electrons. The minimum atomic E-state index is -0.945. The average molecular weight is 360 g/mol. The molecule has 0 saturated carbocycles. The first-order valence-corrected chi connectivity index (χ1v) is 6.96. The summed E-state index contributed by atoms with van der Waals surface area (Å²) in [5.41, 5.74) is -2.30. The maximum absolute atomic E-state index is 14.2. The third-order valence-corrected chi connectivity index (χ3v) is 4.07. The molecule has 0 fully saturated rings. The van der Waals surface area contributed by atoms with Crippen LogP contribution in [0.2, 0.25) is 5.02 Å². The first-order valence-electron chi connectivity index (χ1n) is 6.17. The molecule has 23 heavy (non-hydrogen) atoms. The summed E-state index contributed by atoms with van der Waals surface area (Å²) in [6.07, 6.45) is 0. The van der Waals surface area contributed by atoms with E-state index in [2.05, 4.69) is 4.74 Å². The third-order valence-electron chi connectivity index (χ3n) is 3.21. The Hall–Kier alpha value is -2.26. The van der Waals surface area contributed by atoms with E-state index in [1.165, 1.54) is 14.1 Å². The van der Waals surface area contributed by atoms with Crippen molar-refractivity contribution in [1.29, 1.82) is 0 Å².